The van der Waals surface area contributed by atoms with Crippen LogP contribution < -0.4 is 0 Å². The highest BCUT2D eigenvalue weighted by atomic mass is 14.2. The molecule has 7 rings (SSSR count). The number of rotatable bonds is 7. The van der Waals surface area contributed by atoms with Gasteiger partial charge in [0.25, 0.3) is 0 Å². The van der Waals surface area contributed by atoms with E-state index in [9.17, 15) is 0 Å². The van der Waals surface area contributed by atoms with Crippen LogP contribution in [-0.4, -0.2) is 0 Å². The van der Waals surface area contributed by atoms with Crippen LogP contribution in [0.25, 0.3) is 61.0 Å². The molecule has 0 fully saturated rings. The van der Waals surface area contributed by atoms with Gasteiger partial charge in [0.1, 0.15) is 0 Å². The molecule has 0 aliphatic heterocycles. The van der Waals surface area contributed by atoms with Crippen LogP contribution in [0.15, 0.2) is 133 Å². The first-order valence-electron chi connectivity index (χ1n) is 16.9. The van der Waals surface area contributed by atoms with Crippen molar-refractivity contribution < 1.29 is 0 Å². The van der Waals surface area contributed by atoms with Crippen molar-refractivity contribution in [3.05, 3.63) is 161 Å². The van der Waals surface area contributed by atoms with Crippen molar-refractivity contribution in [3.63, 3.8) is 0 Å². The van der Waals surface area contributed by atoms with E-state index in [0.29, 0.717) is 5.92 Å². The Hall–Kier alpha value is -5.38. The molecule has 0 spiro atoms. The fourth-order valence-corrected chi connectivity index (χ4v) is 7.21. The van der Waals surface area contributed by atoms with Crippen LogP contribution in [-0.2, 0) is 0 Å². The molecule has 228 valence electrons. The minimum atomic E-state index is 0.462. The quantitative estimate of drug-likeness (QED) is 0.0966. The second-order valence-electron chi connectivity index (χ2n) is 12.6. The highest BCUT2D eigenvalue weighted by Crippen LogP contribution is 2.43. The van der Waals surface area contributed by atoms with Gasteiger partial charge in [0.15, 0.2) is 0 Å². The molecule has 0 atom stereocenters. The fourth-order valence-electron chi connectivity index (χ4n) is 7.21. The zero-order chi connectivity index (χ0) is 32.3. The molecule has 0 unspecified atom stereocenters. The summed E-state index contributed by atoms with van der Waals surface area (Å²) in [6.07, 6.45) is 10.9. The van der Waals surface area contributed by atoms with Crippen LogP contribution in [0.3, 0.4) is 0 Å². The summed E-state index contributed by atoms with van der Waals surface area (Å²) in [5.74, 6) is 7.05. The molecular weight excluding hydrogens is 565 g/mol. The normalized spacial score (nSPS) is 13.0. The van der Waals surface area contributed by atoms with E-state index in [1.54, 1.807) is 0 Å². The van der Waals surface area contributed by atoms with Gasteiger partial charge in [-0.15, -0.1) is 0 Å². The van der Waals surface area contributed by atoms with Gasteiger partial charge >= 0.3 is 0 Å². The zero-order valence-electron chi connectivity index (χ0n) is 27.8. The van der Waals surface area contributed by atoms with Gasteiger partial charge in [-0.1, -0.05) is 166 Å². The highest BCUT2D eigenvalue weighted by Gasteiger charge is 2.18. The Balaban J connectivity index is 1.40. The average molecular weight is 605 g/mol. The predicted molar refractivity (Wildman–Crippen MR) is 205 cm³/mol. The number of fused-ring (bicyclic) bond motifs is 3. The standard InChI is InChI=1S/C47H40/c1-5-33(39-21-11-10-19-38(39)32(3)4)31-34(6-2)46-42-22-12-14-24-44(42)47(45-25-15-13-23-43(45)46)37-29-27-36(28-30-37)41-26-16-18-35-17-8-7-9-20-40(35)41/h6,9-16,18-32H,5,7H2,1-4H3/b33-31+,34-6+. The SMILES string of the molecule is C/C=C(\C=C(/CC)c1ccccc1C(C)C)c1c2ccccc2c(-c2ccc(-c3cccc4c3C=CCC#C4)cc2)c2ccccc12. The van der Waals surface area contributed by atoms with E-state index < -0.39 is 0 Å². The molecule has 0 heteroatoms. The lowest BCUT2D eigenvalue weighted by Gasteiger charge is -2.20. The minimum absolute atomic E-state index is 0.462. The second-order valence-corrected chi connectivity index (χ2v) is 12.6. The Labute approximate surface area is 279 Å². The van der Waals surface area contributed by atoms with Crippen molar-refractivity contribution in [2.45, 2.75) is 46.5 Å². The summed E-state index contributed by atoms with van der Waals surface area (Å²) in [7, 11) is 0. The Morgan fingerprint density at radius 3 is 2.02 bits per heavy atom. The first-order valence-corrected chi connectivity index (χ1v) is 16.9. The van der Waals surface area contributed by atoms with Gasteiger partial charge in [-0.05, 0) is 103 Å². The van der Waals surface area contributed by atoms with Gasteiger partial charge in [-0.3, -0.25) is 0 Å². The third-order valence-corrected chi connectivity index (χ3v) is 9.49. The molecule has 0 N–H and O–H groups in total. The summed E-state index contributed by atoms with van der Waals surface area (Å²) in [5, 5.41) is 5.10. The molecular formula is C47H40. The molecule has 0 amide bonds. The van der Waals surface area contributed by atoms with Crippen molar-refractivity contribution in [2.75, 3.05) is 0 Å². The smallest absolute Gasteiger partial charge is 0.0323 e. The third kappa shape index (κ3) is 5.64. The van der Waals surface area contributed by atoms with Crippen LogP contribution in [0.5, 0.6) is 0 Å². The van der Waals surface area contributed by atoms with Gasteiger partial charge in [-0.25, -0.2) is 0 Å². The lowest BCUT2D eigenvalue weighted by Crippen LogP contribution is -1.97. The van der Waals surface area contributed by atoms with Crippen LogP contribution in [0.1, 0.15) is 74.3 Å². The number of allylic oxidation sites excluding steroid dienone is 5. The van der Waals surface area contributed by atoms with Crippen molar-refractivity contribution in [1.82, 2.24) is 0 Å². The van der Waals surface area contributed by atoms with E-state index in [0.717, 1.165) is 18.4 Å². The topological polar surface area (TPSA) is 0 Å². The Kier molecular flexibility index (Phi) is 8.48. The first kappa shape index (κ1) is 30.3. The van der Waals surface area contributed by atoms with Crippen molar-refractivity contribution >= 4 is 38.8 Å². The summed E-state index contributed by atoms with van der Waals surface area (Å²) in [5.41, 5.74) is 13.9. The van der Waals surface area contributed by atoms with Crippen LogP contribution in [0.2, 0.25) is 0 Å². The van der Waals surface area contributed by atoms with Crippen molar-refractivity contribution in [2.24, 2.45) is 0 Å². The largest absolute Gasteiger partial charge is 0.0937 e. The fraction of sp³-hybridized carbons (Fsp3) is 0.149. The summed E-state index contributed by atoms with van der Waals surface area (Å²) in [6.45, 7) is 9.02. The van der Waals surface area contributed by atoms with E-state index >= 15 is 0 Å². The van der Waals surface area contributed by atoms with E-state index in [2.05, 4.69) is 179 Å². The molecule has 1 aliphatic rings. The van der Waals surface area contributed by atoms with E-state index in [1.165, 1.54) is 77.2 Å². The average Bonchev–Trinajstić information content (AvgIpc) is 3.37. The summed E-state index contributed by atoms with van der Waals surface area (Å²) >= 11 is 0. The monoisotopic (exact) mass is 604 g/mol. The molecule has 1 aliphatic carbocycles. The molecule has 0 saturated heterocycles. The summed E-state index contributed by atoms with van der Waals surface area (Å²) in [4.78, 5) is 0. The van der Waals surface area contributed by atoms with Gasteiger partial charge in [0.05, 0.1) is 0 Å². The minimum Gasteiger partial charge on any atom is -0.0937 e. The summed E-state index contributed by atoms with van der Waals surface area (Å²) < 4.78 is 0. The Bertz CT molecular complexity index is 2220. The number of hydrogen-bond donors (Lipinski definition) is 0. The van der Waals surface area contributed by atoms with Crippen LogP contribution >= 0.6 is 0 Å². The second kappa shape index (κ2) is 13.2. The number of hydrogen-bond acceptors (Lipinski definition) is 0. The zero-order valence-corrected chi connectivity index (χ0v) is 27.8. The van der Waals surface area contributed by atoms with E-state index in [4.69, 9.17) is 0 Å². The number of benzene rings is 6. The highest BCUT2D eigenvalue weighted by molar-refractivity contribution is 6.19. The van der Waals surface area contributed by atoms with Gasteiger partial charge in [0.2, 0.25) is 0 Å². The Morgan fingerprint density at radius 2 is 1.36 bits per heavy atom. The maximum atomic E-state index is 3.34. The van der Waals surface area contributed by atoms with Crippen LogP contribution in [0.4, 0.5) is 0 Å². The molecule has 0 heterocycles. The molecule has 0 nitrogen and oxygen atoms in total. The Morgan fingerprint density at radius 1 is 0.723 bits per heavy atom. The molecule has 0 bridgehead atoms. The van der Waals surface area contributed by atoms with Crippen molar-refractivity contribution in [1.29, 1.82) is 0 Å². The third-order valence-electron chi connectivity index (χ3n) is 9.49. The summed E-state index contributed by atoms with van der Waals surface area (Å²) in [6, 6.07) is 42.4. The molecule has 0 aromatic heterocycles. The molecule has 6 aromatic rings. The van der Waals surface area contributed by atoms with Gasteiger partial charge < -0.3 is 0 Å². The molecule has 0 radical (unpaired) electrons. The first-order chi connectivity index (χ1) is 23.1. The maximum absolute atomic E-state index is 3.34. The maximum Gasteiger partial charge on any atom is 0.0323 e. The van der Waals surface area contributed by atoms with E-state index in [1.807, 2.05) is 0 Å². The molecule has 6 aromatic carbocycles. The van der Waals surface area contributed by atoms with E-state index in [-0.39, 0.29) is 0 Å². The van der Waals surface area contributed by atoms with Gasteiger partial charge in [0, 0.05) is 12.0 Å². The predicted octanol–water partition coefficient (Wildman–Crippen LogP) is 13.1. The molecule has 0 saturated carbocycles. The van der Waals surface area contributed by atoms with Gasteiger partial charge in [-0.2, -0.15) is 0 Å². The lowest BCUT2D eigenvalue weighted by molar-refractivity contribution is 0.861. The lowest BCUT2D eigenvalue weighted by atomic mass is 9.84. The molecule has 47 heavy (non-hydrogen) atoms. The van der Waals surface area contributed by atoms with Crippen molar-refractivity contribution in [3.8, 4) is 34.1 Å². The van der Waals surface area contributed by atoms with Crippen LogP contribution in [0, 0.1) is 11.8 Å².